The van der Waals surface area contributed by atoms with Gasteiger partial charge in [0.2, 0.25) is 17.7 Å². The number of aliphatic hydroxyl groups excluding tert-OH is 1. The second-order valence-corrected chi connectivity index (χ2v) is 17.9. The number of aromatic amines is 1. The number of morpholine rings is 2. The third-order valence-corrected chi connectivity index (χ3v) is 13.2. The summed E-state index contributed by atoms with van der Waals surface area (Å²) < 4.78 is 10.8. The molecule has 4 aliphatic heterocycles. The van der Waals surface area contributed by atoms with Crippen molar-refractivity contribution in [2.24, 2.45) is 11.8 Å². The Morgan fingerprint density at radius 3 is 2.05 bits per heavy atom. The van der Waals surface area contributed by atoms with Gasteiger partial charge >= 0.3 is 6.03 Å². The molecule has 0 radical (unpaired) electrons. The van der Waals surface area contributed by atoms with Crippen LogP contribution >= 0.6 is 0 Å². The summed E-state index contributed by atoms with van der Waals surface area (Å²) in [6, 6.07) is 6.54. The number of carbonyl (C=O) groups is 4. The molecule has 5 aliphatic rings. The maximum Gasteiger partial charge on any atom is 0.318 e. The number of H-pyrrole nitrogens is 1. The fraction of sp³-hybridized carbons (Fsp3) is 0.705. The van der Waals surface area contributed by atoms with Gasteiger partial charge in [-0.15, -0.1) is 0 Å². The summed E-state index contributed by atoms with van der Waals surface area (Å²) in [6.07, 6.45) is 7.63. The van der Waals surface area contributed by atoms with Gasteiger partial charge in [-0.1, -0.05) is 52.0 Å². The molecule has 5 fully saturated rings. The molecule has 5 atom stereocenters. The number of rotatable bonds is 13. The number of urea groups is 1. The minimum atomic E-state index is -0.955. The molecule has 16 nitrogen and oxygen atoms in total. The molecule has 2 aromatic rings. The Kier molecular flexibility index (Phi) is 14.8. The summed E-state index contributed by atoms with van der Waals surface area (Å²) >= 11 is 0. The van der Waals surface area contributed by atoms with Crippen molar-refractivity contribution in [1.82, 2.24) is 45.5 Å². The molecule has 16 heteroatoms. The van der Waals surface area contributed by atoms with Gasteiger partial charge in [-0.25, -0.2) is 9.78 Å². The first-order valence-corrected chi connectivity index (χ1v) is 22.4. The summed E-state index contributed by atoms with van der Waals surface area (Å²) in [5.41, 5.74) is 3.19. The van der Waals surface area contributed by atoms with E-state index in [1.807, 2.05) is 43.7 Å². The van der Waals surface area contributed by atoms with Gasteiger partial charge in [0.25, 0.3) is 0 Å². The molecule has 5 amide bonds. The quantitative estimate of drug-likeness (QED) is 0.188. The van der Waals surface area contributed by atoms with E-state index in [0.29, 0.717) is 78.0 Å². The highest BCUT2D eigenvalue weighted by atomic mass is 16.5. The molecule has 60 heavy (non-hydrogen) atoms. The van der Waals surface area contributed by atoms with Crippen molar-refractivity contribution in [3.05, 3.63) is 41.9 Å². The van der Waals surface area contributed by atoms with E-state index in [9.17, 15) is 24.3 Å². The number of ether oxygens (including phenoxy) is 2. The second-order valence-electron chi connectivity index (χ2n) is 17.9. The van der Waals surface area contributed by atoms with E-state index in [2.05, 4.69) is 45.2 Å². The summed E-state index contributed by atoms with van der Waals surface area (Å²) in [7, 11) is 0. The van der Waals surface area contributed by atoms with Gasteiger partial charge in [0.15, 0.2) is 6.35 Å². The number of benzene rings is 1. The summed E-state index contributed by atoms with van der Waals surface area (Å²) in [6.45, 7) is 13.3. The lowest BCUT2D eigenvalue weighted by Gasteiger charge is -2.37. The molecule has 5 heterocycles. The zero-order valence-corrected chi connectivity index (χ0v) is 35.9. The third-order valence-electron chi connectivity index (χ3n) is 13.2. The normalized spacial score (nSPS) is 25.7. The molecule has 5 N–H and O–H groups in total. The molecule has 4 saturated heterocycles. The van der Waals surface area contributed by atoms with Crippen LogP contribution in [0.4, 0.5) is 4.79 Å². The Hall–Kier alpha value is -4.09. The Balaban J connectivity index is 0.897. The van der Waals surface area contributed by atoms with Gasteiger partial charge in [0.1, 0.15) is 17.9 Å². The highest BCUT2D eigenvalue weighted by Gasteiger charge is 2.41. The van der Waals surface area contributed by atoms with Crippen molar-refractivity contribution < 1.29 is 33.8 Å². The van der Waals surface area contributed by atoms with Crippen molar-refractivity contribution in [3.63, 3.8) is 0 Å². The van der Waals surface area contributed by atoms with Gasteiger partial charge in [-0.2, -0.15) is 0 Å². The Bertz CT molecular complexity index is 1750. The van der Waals surface area contributed by atoms with Crippen LogP contribution in [0.2, 0.25) is 0 Å². The molecule has 0 bridgehead atoms. The lowest BCUT2D eigenvalue weighted by Crippen LogP contribution is -2.60. The zero-order chi connectivity index (χ0) is 42.3. The number of hydrogen-bond donors (Lipinski definition) is 5. The number of hydrogen-bond acceptors (Lipinski definition) is 10. The van der Waals surface area contributed by atoms with E-state index < -0.39 is 24.5 Å². The Morgan fingerprint density at radius 1 is 0.767 bits per heavy atom. The standard InChI is InChI=1S/C44H67N9O7/c1-28(2)37(48-43(57)50-19-23-59-24-20-50)41(55)52-17-5-7-35(52)39-45-27-34(47-39)32-11-9-30(10-12-32)31-13-15-33(16-14-31)46-40(54)36-8-6-18-53(36)42(56)38(29(3)4)49-44(58)51-21-25-60-26-22-51/h9-12,27-29,31,33,35-38,44,49,58H,5-8,13-26H2,1-4H3,(H,45,47)(H,46,54)(H,48,57)/t31?,33?,35-,36-,37+,38+,44?/m0/s1. The predicted octanol–water partition coefficient (Wildman–Crippen LogP) is 3.16. The van der Waals surface area contributed by atoms with Crippen molar-refractivity contribution in [1.29, 1.82) is 0 Å². The van der Waals surface area contributed by atoms with Crippen LogP contribution in [0, 0.1) is 11.8 Å². The van der Waals surface area contributed by atoms with E-state index in [-0.39, 0.29) is 47.7 Å². The molecule has 1 saturated carbocycles. The van der Waals surface area contributed by atoms with E-state index in [1.165, 1.54) is 5.56 Å². The summed E-state index contributed by atoms with van der Waals surface area (Å²) in [5, 5.41) is 20.3. The first kappa shape index (κ1) is 44.0. The fourth-order valence-corrected chi connectivity index (χ4v) is 9.57. The van der Waals surface area contributed by atoms with E-state index in [4.69, 9.17) is 14.5 Å². The predicted molar refractivity (Wildman–Crippen MR) is 225 cm³/mol. The number of likely N-dealkylation sites (tertiary alicyclic amines) is 2. The minimum Gasteiger partial charge on any atom is -0.379 e. The average molecular weight is 834 g/mol. The van der Waals surface area contributed by atoms with Crippen LogP contribution in [0.5, 0.6) is 0 Å². The van der Waals surface area contributed by atoms with Crippen LogP contribution < -0.4 is 16.0 Å². The topological polar surface area (TPSA) is 185 Å². The van der Waals surface area contributed by atoms with E-state index >= 15 is 0 Å². The van der Waals surface area contributed by atoms with Gasteiger partial charge in [-0.3, -0.25) is 24.6 Å². The van der Waals surface area contributed by atoms with Crippen LogP contribution in [0.1, 0.15) is 102 Å². The first-order valence-electron chi connectivity index (χ1n) is 22.4. The van der Waals surface area contributed by atoms with Crippen molar-refractivity contribution in [3.8, 4) is 11.3 Å². The maximum absolute atomic E-state index is 13.9. The molecule has 0 spiro atoms. The highest BCUT2D eigenvalue weighted by molar-refractivity contribution is 5.91. The summed E-state index contributed by atoms with van der Waals surface area (Å²) in [4.78, 5) is 69.9. The summed E-state index contributed by atoms with van der Waals surface area (Å²) in [5.74, 6) is 0.718. The average Bonchev–Trinajstić information content (AvgIpc) is 4.07. The van der Waals surface area contributed by atoms with E-state index in [0.717, 1.165) is 62.0 Å². The van der Waals surface area contributed by atoms with Gasteiger partial charge in [-0.05, 0) is 80.2 Å². The van der Waals surface area contributed by atoms with Crippen molar-refractivity contribution >= 4 is 23.8 Å². The largest absolute Gasteiger partial charge is 0.379 e. The second kappa shape index (κ2) is 20.2. The zero-order valence-electron chi connectivity index (χ0n) is 35.9. The lowest BCUT2D eigenvalue weighted by atomic mass is 9.81. The van der Waals surface area contributed by atoms with Crippen molar-refractivity contribution in [2.75, 3.05) is 65.7 Å². The molecule has 1 unspecified atom stereocenters. The monoisotopic (exact) mass is 834 g/mol. The number of aliphatic hydroxyl groups is 1. The van der Waals surface area contributed by atoms with E-state index in [1.54, 1.807) is 9.80 Å². The third kappa shape index (κ3) is 10.3. The van der Waals surface area contributed by atoms with Crippen LogP contribution in [0.3, 0.4) is 0 Å². The fourth-order valence-electron chi connectivity index (χ4n) is 9.57. The number of imidazole rings is 1. The number of aromatic nitrogens is 2. The highest BCUT2D eigenvalue weighted by Crippen LogP contribution is 2.36. The Morgan fingerprint density at radius 2 is 1.38 bits per heavy atom. The van der Waals surface area contributed by atoms with Crippen LogP contribution in [-0.4, -0.2) is 155 Å². The van der Waals surface area contributed by atoms with Crippen LogP contribution in [0.15, 0.2) is 30.5 Å². The number of amides is 5. The molecular formula is C44H67N9O7. The number of nitrogens with zero attached hydrogens (tertiary/aromatic N) is 5. The molecule has 1 aromatic carbocycles. The smallest absolute Gasteiger partial charge is 0.318 e. The minimum absolute atomic E-state index is 0.0644. The molecule has 330 valence electrons. The van der Waals surface area contributed by atoms with Gasteiger partial charge in [0.05, 0.1) is 50.4 Å². The van der Waals surface area contributed by atoms with Crippen LogP contribution in [-0.2, 0) is 23.9 Å². The molecule has 1 aliphatic carbocycles. The molecule has 1 aromatic heterocycles. The van der Waals surface area contributed by atoms with Gasteiger partial charge in [0, 0.05) is 45.3 Å². The molecule has 7 rings (SSSR count). The van der Waals surface area contributed by atoms with Crippen molar-refractivity contribution in [2.45, 2.75) is 122 Å². The maximum atomic E-state index is 13.9. The Labute approximate surface area is 354 Å². The number of carbonyl (C=O) groups excluding carboxylic acids is 4. The number of nitrogens with one attached hydrogen (secondary N) is 4. The first-order chi connectivity index (χ1) is 29.0. The van der Waals surface area contributed by atoms with Crippen LogP contribution in [0.25, 0.3) is 11.3 Å². The SMILES string of the molecule is CC(C)[C@@H](NC(O)N1CCOCC1)C(=O)N1CCC[C@H]1C(=O)NC1CCC(c2ccc(-c3cnc([C@@H]4CCCN4C(=O)[C@H](NC(=O)N4CCOCC4)C(C)C)[nH]3)cc2)CC1. The lowest BCUT2D eigenvalue weighted by molar-refractivity contribution is -0.144. The van der Waals surface area contributed by atoms with Gasteiger partial charge < -0.3 is 44.9 Å². The molecular weight excluding hydrogens is 767 g/mol.